The van der Waals surface area contributed by atoms with Gasteiger partial charge in [-0.3, -0.25) is 9.63 Å². The summed E-state index contributed by atoms with van der Waals surface area (Å²) < 4.78 is 6.38. The summed E-state index contributed by atoms with van der Waals surface area (Å²) in [5.41, 5.74) is 3.15. The Morgan fingerprint density at radius 3 is 2.88 bits per heavy atom. The van der Waals surface area contributed by atoms with Crippen LogP contribution in [-0.2, 0) is 16.2 Å². The highest BCUT2D eigenvalue weighted by Crippen LogP contribution is 2.23. The molecule has 0 heterocycles. The van der Waals surface area contributed by atoms with Crippen molar-refractivity contribution in [1.82, 2.24) is 5.48 Å². The summed E-state index contributed by atoms with van der Waals surface area (Å²) in [6, 6.07) is 5.65. The Bertz CT molecular complexity index is 368. The third-order valence-electron chi connectivity index (χ3n) is 1.77. The van der Waals surface area contributed by atoms with Crippen molar-refractivity contribution in [2.24, 2.45) is 0 Å². The first-order valence-corrected chi connectivity index (χ1v) is 5.72. The molecule has 0 spiro atoms. The number of halogens is 1. The van der Waals surface area contributed by atoms with Crippen LogP contribution in [0.4, 0.5) is 0 Å². The van der Waals surface area contributed by atoms with Gasteiger partial charge < -0.3 is 4.74 Å². The lowest BCUT2D eigenvalue weighted by molar-refractivity contribution is -0.132. The molecule has 0 atom stereocenters. The maximum absolute atomic E-state index is 10.6. The lowest BCUT2D eigenvalue weighted by Gasteiger charge is -2.10. The van der Waals surface area contributed by atoms with E-state index in [2.05, 4.69) is 21.4 Å². The fourth-order valence-electron chi connectivity index (χ4n) is 1.17. The van der Waals surface area contributed by atoms with Crippen LogP contribution < -0.4 is 10.2 Å². The highest BCUT2D eigenvalue weighted by atomic mass is 79.9. The highest BCUT2D eigenvalue weighted by molar-refractivity contribution is 9.10. The Labute approximate surface area is 103 Å². The van der Waals surface area contributed by atoms with Gasteiger partial charge in [0, 0.05) is 17.0 Å². The summed E-state index contributed by atoms with van der Waals surface area (Å²) >= 11 is 3.37. The topological polar surface area (TPSA) is 47.6 Å². The summed E-state index contributed by atoms with van der Waals surface area (Å²) in [5.74, 6) is 0.531. The van der Waals surface area contributed by atoms with Crippen molar-refractivity contribution in [3.05, 3.63) is 28.2 Å². The second-order valence-electron chi connectivity index (χ2n) is 3.13. The first kappa shape index (κ1) is 13.0. The molecule has 0 saturated carbocycles. The van der Waals surface area contributed by atoms with Gasteiger partial charge >= 0.3 is 0 Å². The zero-order valence-electron chi connectivity index (χ0n) is 9.25. The quantitative estimate of drug-likeness (QED) is 0.846. The smallest absolute Gasteiger partial charge is 0.240 e. The van der Waals surface area contributed by atoms with Crippen molar-refractivity contribution in [2.45, 2.75) is 20.5 Å². The normalized spacial score (nSPS) is 9.94. The second kappa shape index (κ2) is 6.50. The number of hydrogen-bond acceptors (Lipinski definition) is 3. The van der Waals surface area contributed by atoms with E-state index in [9.17, 15) is 4.79 Å². The second-order valence-corrected chi connectivity index (χ2v) is 4.05. The Hall–Kier alpha value is -1.07. The maximum atomic E-state index is 10.6. The van der Waals surface area contributed by atoms with Gasteiger partial charge in [-0.15, -0.1) is 0 Å². The monoisotopic (exact) mass is 287 g/mol. The van der Waals surface area contributed by atoms with Crippen LogP contribution in [0.1, 0.15) is 19.4 Å². The van der Waals surface area contributed by atoms with E-state index in [-0.39, 0.29) is 12.5 Å². The van der Waals surface area contributed by atoms with E-state index < -0.39 is 0 Å². The molecule has 0 bridgehead atoms. The molecule has 1 aromatic carbocycles. The summed E-state index contributed by atoms with van der Waals surface area (Å²) in [6.07, 6.45) is 0. The predicted molar refractivity (Wildman–Crippen MR) is 63.9 cm³/mol. The fourth-order valence-corrected chi connectivity index (χ4v) is 1.58. The van der Waals surface area contributed by atoms with Gasteiger partial charge in [-0.1, -0.05) is 15.9 Å². The zero-order chi connectivity index (χ0) is 12.0. The number of carbonyl (C=O) groups is 1. The standard InChI is InChI=1S/C11H14BrNO3/c1-3-15-11-5-4-10(12)6-9(11)7-16-13-8(2)14/h4-6H,3,7H2,1-2H3,(H,13,14). The maximum Gasteiger partial charge on any atom is 0.240 e. The van der Waals surface area contributed by atoms with E-state index in [1.54, 1.807) is 0 Å². The zero-order valence-corrected chi connectivity index (χ0v) is 10.8. The lowest BCUT2D eigenvalue weighted by Crippen LogP contribution is -2.20. The molecule has 0 fully saturated rings. The molecular formula is C11H14BrNO3. The first-order valence-electron chi connectivity index (χ1n) is 4.93. The molecule has 1 N–H and O–H groups in total. The molecule has 0 aliphatic carbocycles. The van der Waals surface area contributed by atoms with Crippen molar-refractivity contribution in [2.75, 3.05) is 6.61 Å². The SMILES string of the molecule is CCOc1ccc(Br)cc1CONC(C)=O. The Balaban J connectivity index is 2.67. The van der Waals surface area contributed by atoms with Crippen LogP contribution in [0, 0.1) is 0 Å². The predicted octanol–water partition coefficient (Wildman–Crippen LogP) is 2.42. The number of ether oxygens (including phenoxy) is 1. The summed E-state index contributed by atoms with van der Waals surface area (Å²) in [5, 5.41) is 0. The van der Waals surface area contributed by atoms with Gasteiger partial charge in [0.2, 0.25) is 5.91 Å². The third-order valence-corrected chi connectivity index (χ3v) is 2.26. The molecule has 16 heavy (non-hydrogen) atoms. The average molecular weight is 288 g/mol. The Kier molecular flexibility index (Phi) is 5.28. The van der Waals surface area contributed by atoms with Crippen molar-refractivity contribution in [1.29, 1.82) is 0 Å². The van der Waals surface area contributed by atoms with Crippen LogP contribution in [0.3, 0.4) is 0 Å². The molecular weight excluding hydrogens is 274 g/mol. The Morgan fingerprint density at radius 2 is 2.25 bits per heavy atom. The van der Waals surface area contributed by atoms with Crippen LogP contribution in [0.5, 0.6) is 5.75 Å². The molecule has 88 valence electrons. The van der Waals surface area contributed by atoms with Crippen molar-refractivity contribution >= 4 is 21.8 Å². The number of benzene rings is 1. The molecule has 0 radical (unpaired) electrons. The molecule has 0 aromatic heterocycles. The number of carbonyl (C=O) groups excluding carboxylic acids is 1. The highest BCUT2D eigenvalue weighted by Gasteiger charge is 2.05. The van der Waals surface area contributed by atoms with Crippen LogP contribution in [0.15, 0.2) is 22.7 Å². The van der Waals surface area contributed by atoms with Gasteiger partial charge in [0.25, 0.3) is 0 Å². The average Bonchev–Trinajstić information content (AvgIpc) is 2.21. The molecule has 0 saturated heterocycles. The molecule has 1 amide bonds. The minimum Gasteiger partial charge on any atom is -0.494 e. The third kappa shape index (κ3) is 4.20. The molecule has 0 aliphatic rings. The lowest BCUT2D eigenvalue weighted by atomic mass is 10.2. The van der Waals surface area contributed by atoms with Gasteiger partial charge in [0.15, 0.2) is 0 Å². The van der Waals surface area contributed by atoms with Gasteiger partial charge in [-0.25, -0.2) is 5.48 Å². The number of rotatable bonds is 5. The van der Waals surface area contributed by atoms with Crippen molar-refractivity contribution < 1.29 is 14.4 Å². The van der Waals surface area contributed by atoms with Gasteiger partial charge in [-0.05, 0) is 25.1 Å². The van der Waals surface area contributed by atoms with Crippen molar-refractivity contribution in [3.8, 4) is 5.75 Å². The van der Waals surface area contributed by atoms with Crippen LogP contribution in [-0.4, -0.2) is 12.5 Å². The summed E-state index contributed by atoms with van der Waals surface area (Å²) in [7, 11) is 0. The Morgan fingerprint density at radius 1 is 1.50 bits per heavy atom. The molecule has 5 heteroatoms. The number of amides is 1. The number of hydroxylamine groups is 1. The summed E-state index contributed by atoms with van der Waals surface area (Å²) in [6.45, 7) is 4.17. The molecule has 1 rings (SSSR count). The van der Waals surface area contributed by atoms with Gasteiger partial charge in [-0.2, -0.15) is 0 Å². The van der Waals surface area contributed by atoms with Gasteiger partial charge in [0.05, 0.1) is 6.61 Å². The molecule has 1 aromatic rings. The van der Waals surface area contributed by atoms with Crippen LogP contribution >= 0.6 is 15.9 Å². The van der Waals surface area contributed by atoms with Gasteiger partial charge in [0.1, 0.15) is 12.4 Å². The molecule has 4 nitrogen and oxygen atoms in total. The first-order chi connectivity index (χ1) is 7.63. The van der Waals surface area contributed by atoms with E-state index >= 15 is 0 Å². The van der Waals surface area contributed by atoms with Crippen LogP contribution in [0.2, 0.25) is 0 Å². The fraction of sp³-hybridized carbons (Fsp3) is 0.364. The molecule has 0 unspecified atom stereocenters. The van der Waals surface area contributed by atoms with E-state index in [1.165, 1.54) is 6.92 Å². The molecule has 0 aliphatic heterocycles. The minimum atomic E-state index is -0.229. The van der Waals surface area contributed by atoms with Crippen LogP contribution in [0.25, 0.3) is 0 Å². The van der Waals surface area contributed by atoms with E-state index in [0.717, 1.165) is 15.8 Å². The van der Waals surface area contributed by atoms with E-state index in [4.69, 9.17) is 9.57 Å². The number of nitrogens with one attached hydrogen (secondary N) is 1. The minimum absolute atomic E-state index is 0.229. The van der Waals surface area contributed by atoms with E-state index in [1.807, 2.05) is 25.1 Å². The van der Waals surface area contributed by atoms with E-state index in [0.29, 0.717) is 6.61 Å². The number of hydrogen-bond donors (Lipinski definition) is 1. The van der Waals surface area contributed by atoms with Crippen molar-refractivity contribution in [3.63, 3.8) is 0 Å². The summed E-state index contributed by atoms with van der Waals surface area (Å²) in [4.78, 5) is 15.7. The largest absolute Gasteiger partial charge is 0.494 e.